The lowest BCUT2D eigenvalue weighted by atomic mass is 9.89. The van der Waals surface area contributed by atoms with Gasteiger partial charge in [-0.1, -0.05) is 26.7 Å². The molecule has 4 nitrogen and oxygen atoms in total. The average Bonchev–Trinajstić information content (AvgIpc) is 2.61. The van der Waals surface area contributed by atoms with Gasteiger partial charge in [0, 0.05) is 6.04 Å². The highest BCUT2D eigenvalue weighted by molar-refractivity contribution is 5.85. The minimum Gasteiger partial charge on any atom is -0.369 e. The van der Waals surface area contributed by atoms with Crippen LogP contribution in [0.15, 0.2) is 4.99 Å². The molecule has 3 atom stereocenters. The summed E-state index contributed by atoms with van der Waals surface area (Å²) in [5.41, 5.74) is 0. The minimum absolute atomic E-state index is 0.193. The molecular formula is C15H24N4. The monoisotopic (exact) mass is 260 g/mol. The van der Waals surface area contributed by atoms with Gasteiger partial charge in [0.25, 0.3) is 0 Å². The van der Waals surface area contributed by atoms with Gasteiger partial charge in [-0.15, -0.1) is 0 Å². The summed E-state index contributed by atoms with van der Waals surface area (Å²) in [6.45, 7) is 4.52. The van der Waals surface area contributed by atoms with Crippen LogP contribution in [0.5, 0.6) is 0 Å². The molecule has 0 bridgehead atoms. The summed E-state index contributed by atoms with van der Waals surface area (Å²) in [4.78, 5) is 3.72. The molecule has 0 saturated heterocycles. The molecule has 0 amide bonds. The Balaban J connectivity index is 2.64. The Morgan fingerprint density at radius 1 is 1.16 bits per heavy atom. The molecule has 0 aromatic carbocycles. The summed E-state index contributed by atoms with van der Waals surface area (Å²) < 4.78 is 0. The molecule has 1 saturated carbocycles. The Kier molecular flexibility index (Phi) is 6.97. The first-order valence-electron chi connectivity index (χ1n) is 7.32. The van der Waals surface area contributed by atoms with Crippen molar-refractivity contribution in [3.63, 3.8) is 0 Å². The van der Waals surface area contributed by atoms with E-state index in [1.807, 2.05) is 0 Å². The van der Waals surface area contributed by atoms with Crippen LogP contribution in [0.3, 0.4) is 0 Å². The van der Waals surface area contributed by atoms with Crippen molar-refractivity contribution >= 4 is 5.84 Å². The van der Waals surface area contributed by atoms with E-state index < -0.39 is 0 Å². The lowest BCUT2D eigenvalue weighted by molar-refractivity contribution is 0.353. The van der Waals surface area contributed by atoms with Crippen molar-refractivity contribution in [3.8, 4) is 12.3 Å². The Bertz CT molecular complexity index is 375. The summed E-state index contributed by atoms with van der Waals surface area (Å²) in [6.07, 6.45) is 9.22. The second kappa shape index (κ2) is 8.53. The summed E-state index contributed by atoms with van der Waals surface area (Å²) in [5, 5.41) is 20.7. The van der Waals surface area contributed by atoms with Gasteiger partial charge in [-0.3, -0.25) is 0 Å². The fourth-order valence-corrected chi connectivity index (χ4v) is 2.97. The van der Waals surface area contributed by atoms with Crippen LogP contribution in [0.4, 0.5) is 0 Å². The topological polar surface area (TPSA) is 72.0 Å². The molecule has 1 aliphatic carbocycles. The maximum atomic E-state index is 8.75. The zero-order valence-electron chi connectivity index (χ0n) is 12.0. The van der Waals surface area contributed by atoms with Gasteiger partial charge in [0.05, 0.1) is 12.5 Å². The second-order valence-corrected chi connectivity index (χ2v) is 5.43. The molecule has 0 spiro atoms. The zero-order chi connectivity index (χ0) is 14.1. The van der Waals surface area contributed by atoms with E-state index in [9.17, 15) is 0 Å². The van der Waals surface area contributed by atoms with Crippen molar-refractivity contribution < 1.29 is 0 Å². The third-order valence-corrected chi connectivity index (χ3v) is 4.16. The van der Waals surface area contributed by atoms with Crippen molar-refractivity contribution in [1.29, 1.82) is 10.5 Å². The molecule has 1 rings (SSSR count). The molecule has 19 heavy (non-hydrogen) atoms. The standard InChI is InChI=1S/C15H24N4/c1-3-12-5-6-14(10-13(4-2)9-12)19-15(7-8-16)18-11-17/h12-14H,3-7,9-10H2,1-2H3,(H,18,19). The van der Waals surface area contributed by atoms with Gasteiger partial charge in [0.1, 0.15) is 5.84 Å². The first-order valence-corrected chi connectivity index (χ1v) is 7.32. The Labute approximate surface area is 116 Å². The van der Waals surface area contributed by atoms with E-state index in [2.05, 4.69) is 30.2 Å². The SMILES string of the molecule is CCC1CCC(NC(CC#N)=NC#N)CC(CC)C1. The number of hydrogen-bond donors (Lipinski definition) is 1. The molecule has 0 aromatic heterocycles. The first kappa shape index (κ1) is 15.5. The highest BCUT2D eigenvalue weighted by Crippen LogP contribution is 2.31. The lowest BCUT2D eigenvalue weighted by Crippen LogP contribution is -2.35. The summed E-state index contributed by atoms with van der Waals surface area (Å²) >= 11 is 0. The van der Waals surface area contributed by atoms with Gasteiger partial charge in [-0.25, -0.2) is 0 Å². The normalized spacial score (nSPS) is 28.0. The maximum Gasteiger partial charge on any atom is 0.207 e. The van der Waals surface area contributed by atoms with Gasteiger partial charge in [-0.2, -0.15) is 15.5 Å². The molecule has 0 aromatic rings. The van der Waals surface area contributed by atoms with Gasteiger partial charge in [0.15, 0.2) is 0 Å². The maximum absolute atomic E-state index is 8.75. The molecule has 0 radical (unpaired) electrons. The number of nitriles is 2. The van der Waals surface area contributed by atoms with Gasteiger partial charge >= 0.3 is 0 Å². The molecule has 1 fully saturated rings. The van der Waals surface area contributed by atoms with Crippen molar-refractivity contribution in [2.45, 2.75) is 64.8 Å². The van der Waals surface area contributed by atoms with Crippen molar-refractivity contribution in [2.75, 3.05) is 0 Å². The average molecular weight is 260 g/mol. The highest BCUT2D eigenvalue weighted by Gasteiger charge is 2.24. The van der Waals surface area contributed by atoms with E-state index in [1.54, 1.807) is 6.19 Å². The molecule has 4 heteroatoms. The number of nitrogens with one attached hydrogen (secondary N) is 1. The number of hydrogen-bond acceptors (Lipinski definition) is 3. The molecule has 0 aliphatic heterocycles. The molecule has 3 unspecified atom stereocenters. The fraction of sp³-hybridized carbons (Fsp3) is 0.800. The van der Waals surface area contributed by atoms with Gasteiger partial charge < -0.3 is 5.32 Å². The quantitative estimate of drug-likeness (QED) is 0.364. The summed E-state index contributed by atoms with van der Waals surface area (Å²) in [5.74, 6) is 2.10. The van der Waals surface area contributed by atoms with Crippen LogP contribution in [0, 0.1) is 34.6 Å². The fourth-order valence-electron chi connectivity index (χ4n) is 2.97. The van der Waals surface area contributed by atoms with Crippen molar-refractivity contribution in [1.82, 2.24) is 5.32 Å². The highest BCUT2D eigenvalue weighted by atomic mass is 15.0. The molecule has 0 heterocycles. The molecular weight excluding hydrogens is 236 g/mol. The van der Waals surface area contributed by atoms with Crippen LogP contribution < -0.4 is 5.32 Å². The number of aliphatic imine (C=N–C) groups is 1. The van der Waals surface area contributed by atoms with Crippen LogP contribution in [0.2, 0.25) is 0 Å². The minimum atomic E-state index is 0.193. The van der Waals surface area contributed by atoms with E-state index >= 15 is 0 Å². The second-order valence-electron chi connectivity index (χ2n) is 5.43. The third kappa shape index (κ3) is 5.30. The van der Waals surface area contributed by atoms with Crippen molar-refractivity contribution in [3.05, 3.63) is 0 Å². The van der Waals surface area contributed by atoms with E-state index in [0.717, 1.165) is 24.7 Å². The number of amidine groups is 1. The third-order valence-electron chi connectivity index (χ3n) is 4.16. The van der Waals surface area contributed by atoms with Gasteiger partial charge in [-0.05, 0) is 37.5 Å². The van der Waals surface area contributed by atoms with E-state index in [-0.39, 0.29) is 6.42 Å². The first-order chi connectivity index (χ1) is 9.23. The van der Waals surface area contributed by atoms with E-state index in [4.69, 9.17) is 10.5 Å². The van der Waals surface area contributed by atoms with E-state index in [0.29, 0.717) is 11.9 Å². The number of nitrogens with zero attached hydrogens (tertiary/aromatic N) is 3. The van der Waals surface area contributed by atoms with E-state index in [1.165, 1.54) is 25.7 Å². The molecule has 1 N–H and O–H groups in total. The zero-order valence-corrected chi connectivity index (χ0v) is 12.0. The number of rotatable bonds is 4. The summed E-state index contributed by atoms with van der Waals surface area (Å²) in [7, 11) is 0. The predicted molar refractivity (Wildman–Crippen MR) is 76.2 cm³/mol. The largest absolute Gasteiger partial charge is 0.369 e. The Hall–Kier alpha value is -1.55. The van der Waals surface area contributed by atoms with Gasteiger partial charge in [0.2, 0.25) is 6.19 Å². The Morgan fingerprint density at radius 3 is 2.47 bits per heavy atom. The predicted octanol–water partition coefficient (Wildman–Crippen LogP) is 3.36. The molecule has 104 valence electrons. The van der Waals surface area contributed by atoms with Crippen LogP contribution in [0.25, 0.3) is 0 Å². The van der Waals surface area contributed by atoms with Crippen molar-refractivity contribution in [2.24, 2.45) is 16.8 Å². The smallest absolute Gasteiger partial charge is 0.207 e. The van der Waals surface area contributed by atoms with Crippen LogP contribution in [-0.2, 0) is 0 Å². The Morgan fingerprint density at radius 2 is 1.89 bits per heavy atom. The lowest BCUT2D eigenvalue weighted by Gasteiger charge is -2.21. The van der Waals surface area contributed by atoms with Crippen LogP contribution in [-0.4, -0.2) is 11.9 Å². The van der Waals surface area contributed by atoms with Crippen LogP contribution in [0.1, 0.15) is 58.8 Å². The summed E-state index contributed by atoms with van der Waals surface area (Å²) in [6, 6.07) is 2.42. The molecule has 1 aliphatic rings. The van der Waals surface area contributed by atoms with Crippen LogP contribution >= 0.6 is 0 Å².